The molecule has 8 heteroatoms. The van der Waals surface area contributed by atoms with Crippen LogP contribution in [0.1, 0.15) is 12.6 Å². The molecule has 1 aromatic heterocycles. The van der Waals surface area contributed by atoms with Gasteiger partial charge >= 0.3 is 6.18 Å². The zero-order valence-electron chi connectivity index (χ0n) is 11.5. The lowest BCUT2D eigenvalue weighted by Crippen LogP contribution is -2.28. The number of likely N-dealkylation sites (N-methyl/N-ethyl adjacent to an activating group) is 1. The van der Waals surface area contributed by atoms with Crippen LogP contribution < -0.4 is 10.1 Å². The predicted molar refractivity (Wildman–Crippen MR) is 83.6 cm³/mol. The number of rotatable bonds is 4. The van der Waals surface area contributed by atoms with Gasteiger partial charge in [0.25, 0.3) is 5.91 Å². The van der Waals surface area contributed by atoms with Crippen molar-refractivity contribution in [3.8, 4) is 5.75 Å². The molecular weight excluding hydrogens is 412 g/mol. The molecule has 22 heavy (non-hydrogen) atoms. The highest BCUT2D eigenvalue weighted by Gasteiger charge is 2.33. The molecule has 0 aliphatic carbocycles. The Balaban J connectivity index is 2.44. The third kappa shape index (κ3) is 3.99. The van der Waals surface area contributed by atoms with Crippen LogP contribution >= 0.6 is 22.6 Å². The molecule has 0 aliphatic heterocycles. The molecule has 1 amide bonds. The predicted octanol–water partition coefficient (Wildman–Crippen LogP) is 3.37. The molecule has 0 unspecified atom stereocenters. The summed E-state index contributed by atoms with van der Waals surface area (Å²) in [5.74, 6) is -0.409. The summed E-state index contributed by atoms with van der Waals surface area (Å²) in [6, 6.07) is 5.63. The van der Waals surface area contributed by atoms with Crippen LogP contribution in [0.4, 0.5) is 13.2 Å². The van der Waals surface area contributed by atoms with E-state index in [0.717, 1.165) is 9.64 Å². The first-order valence-electron chi connectivity index (χ1n) is 6.38. The number of nitrogens with one attached hydrogen (secondary N) is 1. The number of aromatic nitrogens is 1. The number of benzene rings is 1. The van der Waals surface area contributed by atoms with E-state index < -0.39 is 17.8 Å². The van der Waals surface area contributed by atoms with Crippen molar-refractivity contribution in [3.05, 3.63) is 33.5 Å². The molecule has 1 heterocycles. The van der Waals surface area contributed by atoms with Crippen molar-refractivity contribution < 1.29 is 22.7 Å². The van der Waals surface area contributed by atoms with Gasteiger partial charge in [0.1, 0.15) is 11.4 Å². The van der Waals surface area contributed by atoms with Gasteiger partial charge in [0.15, 0.2) is 6.61 Å². The normalized spacial score (nSPS) is 11.5. The number of hydrogen-bond donors (Lipinski definition) is 1. The quantitative estimate of drug-likeness (QED) is 0.767. The summed E-state index contributed by atoms with van der Waals surface area (Å²) in [7, 11) is 0. The number of carbonyl (C=O) groups excluding carboxylic acids is 1. The van der Waals surface area contributed by atoms with Crippen LogP contribution in [0.3, 0.4) is 0 Å². The highest BCUT2D eigenvalue weighted by Crippen LogP contribution is 2.34. The maximum Gasteiger partial charge on any atom is 0.433 e. The van der Waals surface area contributed by atoms with Crippen molar-refractivity contribution in [1.29, 1.82) is 0 Å². The second-order valence-electron chi connectivity index (χ2n) is 4.41. The first-order chi connectivity index (χ1) is 10.3. The number of amides is 1. The minimum absolute atomic E-state index is 0.0119. The molecule has 0 bridgehead atoms. The standard InChI is InChI=1S/C14H12F3IN2O2/c1-2-19-13(21)7-22-11-6-12(14(15,16)17)20-10-4-3-8(18)5-9(10)11/h3-6H,2,7H2,1H3,(H,19,21). The Morgan fingerprint density at radius 3 is 2.73 bits per heavy atom. The molecular formula is C14H12F3IN2O2. The number of nitrogens with zero attached hydrogens (tertiary/aromatic N) is 1. The lowest BCUT2D eigenvalue weighted by molar-refractivity contribution is -0.141. The van der Waals surface area contributed by atoms with E-state index in [1.54, 1.807) is 19.1 Å². The van der Waals surface area contributed by atoms with E-state index in [1.165, 1.54) is 6.07 Å². The van der Waals surface area contributed by atoms with E-state index in [1.807, 2.05) is 22.6 Å². The lowest BCUT2D eigenvalue weighted by atomic mass is 10.2. The molecule has 2 aromatic rings. The summed E-state index contributed by atoms with van der Waals surface area (Å²) < 4.78 is 44.8. The summed E-state index contributed by atoms with van der Waals surface area (Å²) in [4.78, 5) is 15.0. The van der Waals surface area contributed by atoms with Gasteiger partial charge < -0.3 is 10.1 Å². The summed E-state index contributed by atoms with van der Waals surface area (Å²) >= 11 is 2.04. The Morgan fingerprint density at radius 1 is 1.36 bits per heavy atom. The summed E-state index contributed by atoms with van der Waals surface area (Å²) in [6.45, 7) is 1.81. The molecule has 0 saturated heterocycles. The number of fused-ring (bicyclic) bond motifs is 1. The van der Waals surface area contributed by atoms with E-state index in [-0.39, 0.29) is 17.9 Å². The summed E-state index contributed by atoms with van der Waals surface area (Å²) in [5.41, 5.74) is -0.881. The Bertz CT molecular complexity index is 704. The second-order valence-corrected chi connectivity index (χ2v) is 5.65. The van der Waals surface area contributed by atoms with E-state index >= 15 is 0 Å². The fourth-order valence-corrected chi connectivity index (χ4v) is 2.31. The Labute approximate surface area is 138 Å². The SMILES string of the molecule is CCNC(=O)COc1cc(C(F)(F)F)nc2ccc(I)cc12. The van der Waals surface area contributed by atoms with E-state index in [2.05, 4.69) is 10.3 Å². The zero-order valence-corrected chi connectivity index (χ0v) is 13.7. The largest absolute Gasteiger partial charge is 0.483 e. The van der Waals surface area contributed by atoms with Gasteiger partial charge in [-0.1, -0.05) is 0 Å². The molecule has 1 aromatic carbocycles. The van der Waals surface area contributed by atoms with Crippen molar-refractivity contribution in [1.82, 2.24) is 10.3 Å². The molecule has 0 radical (unpaired) electrons. The first-order valence-corrected chi connectivity index (χ1v) is 7.46. The van der Waals surface area contributed by atoms with Gasteiger partial charge in [-0.2, -0.15) is 13.2 Å². The van der Waals surface area contributed by atoms with Gasteiger partial charge in [-0.05, 0) is 47.7 Å². The molecule has 0 saturated carbocycles. The number of alkyl halides is 3. The van der Waals surface area contributed by atoms with Gasteiger partial charge in [-0.3, -0.25) is 4.79 Å². The average molecular weight is 424 g/mol. The average Bonchev–Trinajstić information content (AvgIpc) is 2.44. The third-order valence-corrected chi connectivity index (χ3v) is 3.43. The number of halogens is 4. The van der Waals surface area contributed by atoms with Crippen LogP contribution in [0, 0.1) is 3.57 Å². The van der Waals surface area contributed by atoms with Crippen LogP contribution in [0.25, 0.3) is 10.9 Å². The molecule has 0 fully saturated rings. The van der Waals surface area contributed by atoms with Gasteiger partial charge in [-0.25, -0.2) is 4.98 Å². The van der Waals surface area contributed by atoms with Crippen molar-refractivity contribution in [2.45, 2.75) is 13.1 Å². The third-order valence-electron chi connectivity index (χ3n) is 2.76. The van der Waals surface area contributed by atoms with Crippen LogP contribution in [0.15, 0.2) is 24.3 Å². The second kappa shape index (κ2) is 6.67. The van der Waals surface area contributed by atoms with E-state index in [0.29, 0.717) is 11.9 Å². The van der Waals surface area contributed by atoms with Gasteiger partial charge in [-0.15, -0.1) is 0 Å². The molecule has 1 N–H and O–H groups in total. The molecule has 118 valence electrons. The van der Waals surface area contributed by atoms with Gasteiger partial charge in [0.2, 0.25) is 0 Å². The number of carbonyl (C=O) groups is 1. The van der Waals surface area contributed by atoms with E-state index in [4.69, 9.17) is 4.74 Å². The topological polar surface area (TPSA) is 51.2 Å². The monoisotopic (exact) mass is 424 g/mol. The fraction of sp³-hybridized carbons (Fsp3) is 0.286. The van der Waals surface area contributed by atoms with Crippen LogP contribution in [0.2, 0.25) is 0 Å². The summed E-state index contributed by atoms with van der Waals surface area (Å²) in [5, 5.41) is 2.95. The smallest absolute Gasteiger partial charge is 0.433 e. The van der Waals surface area contributed by atoms with Crippen molar-refractivity contribution in [2.24, 2.45) is 0 Å². The van der Waals surface area contributed by atoms with Crippen molar-refractivity contribution in [3.63, 3.8) is 0 Å². The number of ether oxygens (including phenoxy) is 1. The summed E-state index contributed by atoms with van der Waals surface area (Å²) in [6.07, 6.45) is -4.58. The Hall–Kier alpha value is -1.58. The molecule has 0 spiro atoms. The molecule has 0 atom stereocenters. The molecule has 4 nitrogen and oxygen atoms in total. The van der Waals surface area contributed by atoms with Crippen LogP contribution in [-0.4, -0.2) is 24.0 Å². The van der Waals surface area contributed by atoms with Gasteiger partial charge in [0.05, 0.1) is 5.52 Å². The molecule has 0 aliphatic rings. The first kappa shape index (κ1) is 16.8. The van der Waals surface area contributed by atoms with Gasteiger partial charge in [0, 0.05) is 21.6 Å². The van der Waals surface area contributed by atoms with Crippen molar-refractivity contribution in [2.75, 3.05) is 13.2 Å². The minimum Gasteiger partial charge on any atom is -0.483 e. The minimum atomic E-state index is -4.58. The maximum atomic E-state index is 12.9. The molecule has 2 rings (SSSR count). The maximum absolute atomic E-state index is 12.9. The lowest BCUT2D eigenvalue weighted by Gasteiger charge is -2.13. The highest BCUT2D eigenvalue weighted by atomic mass is 127. The highest BCUT2D eigenvalue weighted by molar-refractivity contribution is 14.1. The Kier molecular flexibility index (Phi) is 5.09. The number of hydrogen-bond acceptors (Lipinski definition) is 3. The fourth-order valence-electron chi connectivity index (χ4n) is 1.82. The van der Waals surface area contributed by atoms with Crippen molar-refractivity contribution >= 4 is 39.4 Å². The van der Waals surface area contributed by atoms with Crippen LogP contribution in [0.5, 0.6) is 5.75 Å². The Morgan fingerprint density at radius 2 is 2.09 bits per heavy atom. The number of pyridine rings is 1. The van der Waals surface area contributed by atoms with E-state index in [9.17, 15) is 18.0 Å². The zero-order chi connectivity index (χ0) is 16.3. The van der Waals surface area contributed by atoms with Crippen LogP contribution in [-0.2, 0) is 11.0 Å².